The van der Waals surface area contributed by atoms with Crippen LogP contribution in [0.4, 0.5) is 10.7 Å². The average Bonchev–Trinajstić information content (AvgIpc) is 3.20. The van der Waals surface area contributed by atoms with Gasteiger partial charge in [-0.3, -0.25) is 14.4 Å². The lowest BCUT2D eigenvalue weighted by atomic mass is 10.0. The van der Waals surface area contributed by atoms with Gasteiger partial charge in [-0.2, -0.15) is 5.26 Å². The van der Waals surface area contributed by atoms with Crippen molar-refractivity contribution >= 4 is 51.6 Å². The molecule has 0 spiro atoms. The van der Waals surface area contributed by atoms with Crippen molar-refractivity contribution < 1.29 is 19.5 Å². The second-order valence-corrected chi connectivity index (χ2v) is 9.84. The van der Waals surface area contributed by atoms with Crippen molar-refractivity contribution in [3.8, 4) is 17.2 Å². The Morgan fingerprint density at radius 3 is 2.53 bits per heavy atom. The molecular weight excluding hydrogens is 470 g/mol. The molecule has 3 rings (SSSR count). The molecule has 0 radical (unpaired) electrons. The molecule has 0 aliphatic rings. The predicted octanol–water partition coefficient (Wildman–Crippen LogP) is 5.52. The van der Waals surface area contributed by atoms with E-state index < -0.39 is 11.2 Å². The van der Waals surface area contributed by atoms with Crippen molar-refractivity contribution in [1.82, 2.24) is 0 Å². The molecule has 9 heteroatoms. The first-order valence-corrected chi connectivity index (χ1v) is 12.2. The van der Waals surface area contributed by atoms with Gasteiger partial charge in [0.25, 0.3) is 0 Å². The van der Waals surface area contributed by atoms with Gasteiger partial charge in [0, 0.05) is 27.9 Å². The molecule has 1 heterocycles. The minimum atomic E-state index is -1.03. The van der Waals surface area contributed by atoms with E-state index in [0.717, 1.165) is 21.6 Å². The second-order valence-electron chi connectivity index (χ2n) is 7.55. The number of thioether (sulfide) groups is 1. The number of thiophene rings is 1. The standard InChI is InChI=1S/C25H23N3O4S2/c1-15-6-8-17(9-7-15)21-14-33-25(20(21)13-26)28-24(32)16(2)34-19-5-3-4-18(12-19)27-22(29)10-11-23(30)31/h3-9,12,14,16H,10-11H2,1-2H3,(H,27,29)(H,28,32)(H,30,31). The Bertz CT molecular complexity index is 1250. The summed E-state index contributed by atoms with van der Waals surface area (Å²) in [4.78, 5) is 36.1. The summed E-state index contributed by atoms with van der Waals surface area (Å²) in [6.07, 6.45) is -0.353. The highest BCUT2D eigenvalue weighted by atomic mass is 32.2. The van der Waals surface area contributed by atoms with Gasteiger partial charge in [-0.25, -0.2) is 0 Å². The number of anilines is 2. The largest absolute Gasteiger partial charge is 0.481 e. The van der Waals surface area contributed by atoms with Crippen LogP contribution in [-0.4, -0.2) is 28.1 Å². The van der Waals surface area contributed by atoms with Crippen molar-refractivity contribution in [2.75, 3.05) is 10.6 Å². The predicted molar refractivity (Wildman–Crippen MR) is 135 cm³/mol. The number of nitrogens with one attached hydrogen (secondary N) is 2. The number of amides is 2. The molecule has 34 heavy (non-hydrogen) atoms. The Morgan fingerprint density at radius 2 is 1.85 bits per heavy atom. The Labute approximate surface area is 205 Å². The molecule has 2 aromatic carbocycles. The second kappa shape index (κ2) is 11.5. The fourth-order valence-corrected chi connectivity index (χ4v) is 4.92. The van der Waals surface area contributed by atoms with Gasteiger partial charge < -0.3 is 15.7 Å². The zero-order valence-corrected chi connectivity index (χ0v) is 20.3. The summed E-state index contributed by atoms with van der Waals surface area (Å²) in [6.45, 7) is 3.76. The minimum absolute atomic E-state index is 0.113. The molecule has 0 saturated heterocycles. The molecule has 0 bridgehead atoms. The highest BCUT2D eigenvalue weighted by molar-refractivity contribution is 8.00. The lowest BCUT2D eigenvalue weighted by Gasteiger charge is -2.12. The number of carboxylic acids is 1. The summed E-state index contributed by atoms with van der Waals surface area (Å²) in [6, 6.07) is 17.1. The van der Waals surface area contributed by atoms with Crippen molar-refractivity contribution in [3.63, 3.8) is 0 Å². The maximum absolute atomic E-state index is 12.8. The van der Waals surface area contributed by atoms with Crippen LogP contribution < -0.4 is 10.6 Å². The van der Waals surface area contributed by atoms with Crippen LogP contribution in [0.15, 0.2) is 58.8 Å². The van der Waals surface area contributed by atoms with Gasteiger partial charge in [-0.05, 0) is 37.6 Å². The molecule has 0 fully saturated rings. The number of carbonyl (C=O) groups excluding carboxylic acids is 2. The van der Waals surface area contributed by atoms with Gasteiger partial charge in [-0.15, -0.1) is 23.1 Å². The lowest BCUT2D eigenvalue weighted by molar-refractivity contribution is -0.138. The number of hydrogen-bond acceptors (Lipinski definition) is 6. The van der Waals surface area contributed by atoms with Crippen LogP contribution in [0.1, 0.15) is 30.9 Å². The number of rotatable bonds is 9. The molecular formula is C25H23N3O4S2. The number of carbonyl (C=O) groups is 3. The van der Waals surface area contributed by atoms with E-state index in [1.165, 1.54) is 23.1 Å². The SMILES string of the molecule is Cc1ccc(-c2csc(NC(=O)C(C)Sc3cccc(NC(=O)CCC(=O)O)c3)c2C#N)cc1. The Balaban J connectivity index is 1.65. The Kier molecular flexibility index (Phi) is 8.46. The Hall–Kier alpha value is -3.61. The molecule has 2 amide bonds. The molecule has 0 aliphatic heterocycles. The highest BCUT2D eigenvalue weighted by Crippen LogP contribution is 2.36. The maximum Gasteiger partial charge on any atom is 0.303 e. The van der Waals surface area contributed by atoms with E-state index >= 15 is 0 Å². The zero-order valence-electron chi connectivity index (χ0n) is 18.6. The number of aliphatic carboxylic acids is 1. The van der Waals surface area contributed by atoms with E-state index in [1.54, 1.807) is 25.1 Å². The smallest absolute Gasteiger partial charge is 0.303 e. The van der Waals surface area contributed by atoms with Gasteiger partial charge in [0.2, 0.25) is 11.8 Å². The molecule has 174 valence electrons. The molecule has 3 aromatic rings. The fourth-order valence-electron chi connectivity index (χ4n) is 3.07. The third-order valence-electron chi connectivity index (χ3n) is 4.87. The monoisotopic (exact) mass is 493 g/mol. The quantitative estimate of drug-likeness (QED) is 0.338. The van der Waals surface area contributed by atoms with E-state index in [-0.39, 0.29) is 24.7 Å². The molecule has 1 atom stereocenters. The molecule has 3 N–H and O–H groups in total. The molecule has 1 aromatic heterocycles. The minimum Gasteiger partial charge on any atom is -0.481 e. The Morgan fingerprint density at radius 1 is 1.12 bits per heavy atom. The fraction of sp³-hybridized carbons (Fsp3) is 0.200. The first-order valence-electron chi connectivity index (χ1n) is 10.4. The maximum atomic E-state index is 12.8. The van der Waals surface area contributed by atoms with Crippen LogP contribution in [0.5, 0.6) is 0 Å². The first kappa shape index (κ1) is 25.0. The van der Waals surface area contributed by atoms with Gasteiger partial charge in [0.1, 0.15) is 11.1 Å². The van der Waals surface area contributed by atoms with Crippen molar-refractivity contribution in [2.24, 2.45) is 0 Å². The van der Waals surface area contributed by atoms with Crippen LogP contribution >= 0.6 is 23.1 Å². The van der Waals surface area contributed by atoms with E-state index in [4.69, 9.17) is 5.11 Å². The highest BCUT2D eigenvalue weighted by Gasteiger charge is 2.20. The number of aryl methyl sites for hydroxylation is 1. The molecule has 1 unspecified atom stereocenters. The number of carboxylic acid groups (broad SMARTS) is 1. The van der Waals surface area contributed by atoms with Crippen LogP contribution in [0.2, 0.25) is 0 Å². The summed E-state index contributed by atoms with van der Waals surface area (Å²) in [5, 5.41) is 25.8. The summed E-state index contributed by atoms with van der Waals surface area (Å²) >= 11 is 2.63. The van der Waals surface area contributed by atoms with E-state index in [9.17, 15) is 19.6 Å². The van der Waals surface area contributed by atoms with Crippen LogP contribution in [0, 0.1) is 18.3 Å². The summed E-state index contributed by atoms with van der Waals surface area (Å²) in [5.41, 5.74) is 3.80. The van der Waals surface area contributed by atoms with E-state index in [2.05, 4.69) is 16.7 Å². The number of benzene rings is 2. The van der Waals surface area contributed by atoms with Crippen molar-refractivity contribution in [2.45, 2.75) is 36.8 Å². The number of nitrogens with zero attached hydrogens (tertiary/aromatic N) is 1. The summed E-state index contributed by atoms with van der Waals surface area (Å²) in [5.74, 6) is -1.66. The topological polar surface area (TPSA) is 119 Å². The van der Waals surface area contributed by atoms with E-state index in [1.807, 2.05) is 42.6 Å². The van der Waals surface area contributed by atoms with Crippen molar-refractivity contribution in [1.29, 1.82) is 5.26 Å². The first-order chi connectivity index (χ1) is 16.3. The normalized spacial score (nSPS) is 11.3. The molecule has 0 aliphatic carbocycles. The van der Waals surface area contributed by atoms with Gasteiger partial charge >= 0.3 is 5.97 Å². The average molecular weight is 494 g/mol. The lowest BCUT2D eigenvalue weighted by Crippen LogP contribution is -2.22. The molecule has 7 nitrogen and oxygen atoms in total. The summed E-state index contributed by atoms with van der Waals surface area (Å²) < 4.78 is 0. The van der Waals surface area contributed by atoms with E-state index in [0.29, 0.717) is 16.3 Å². The zero-order chi connectivity index (χ0) is 24.7. The van der Waals surface area contributed by atoms with Gasteiger partial charge in [-0.1, -0.05) is 35.9 Å². The van der Waals surface area contributed by atoms with Crippen molar-refractivity contribution in [3.05, 3.63) is 65.0 Å². The van der Waals surface area contributed by atoms with Crippen LogP contribution in [0.3, 0.4) is 0 Å². The number of hydrogen-bond donors (Lipinski definition) is 3. The third-order valence-corrected chi connectivity index (χ3v) is 6.86. The molecule has 0 saturated carbocycles. The van der Waals surface area contributed by atoms with Crippen LogP contribution in [-0.2, 0) is 14.4 Å². The van der Waals surface area contributed by atoms with Gasteiger partial charge in [0.15, 0.2) is 0 Å². The third kappa shape index (κ3) is 6.70. The summed E-state index contributed by atoms with van der Waals surface area (Å²) in [7, 11) is 0. The van der Waals surface area contributed by atoms with Gasteiger partial charge in [0.05, 0.1) is 17.2 Å². The number of nitriles is 1. The van der Waals surface area contributed by atoms with Crippen LogP contribution in [0.25, 0.3) is 11.1 Å².